The predicted molar refractivity (Wildman–Crippen MR) is 66.3 cm³/mol. The molecule has 1 aromatic heterocycles. The van der Waals surface area contributed by atoms with E-state index < -0.39 is 0 Å². The van der Waals surface area contributed by atoms with Crippen LogP contribution < -0.4 is 5.43 Å². The van der Waals surface area contributed by atoms with E-state index in [1.807, 2.05) is 25.1 Å². The van der Waals surface area contributed by atoms with Gasteiger partial charge < -0.3 is 4.57 Å². The molecule has 1 heterocycles. The van der Waals surface area contributed by atoms with Gasteiger partial charge >= 0.3 is 0 Å². The standard InChI is InChI=1S/C12H12BrNO/c1-3-14-8(2)6-12(15)10-7-9(13)4-5-11(10)14/h4-7H,3H2,1-2H3. The van der Waals surface area contributed by atoms with Crippen molar-refractivity contribution >= 4 is 26.8 Å². The molecule has 2 rings (SSSR count). The summed E-state index contributed by atoms with van der Waals surface area (Å²) >= 11 is 3.38. The highest BCUT2D eigenvalue weighted by Crippen LogP contribution is 2.18. The van der Waals surface area contributed by atoms with Crippen molar-refractivity contribution in [3.63, 3.8) is 0 Å². The average Bonchev–Trinajstić information content (AvgIpc) is 2.19. The van der Waals surface area contributed by atoms with E-state index in [0.717, 1.165) is 27.6 Å². The number of rotatable bonds is 1. The molecule has 0 spiro atoms. The van der Waals surface area contributed by atoms with Crippen molar-refractivity contribution in [2.24, 2.45) is 0 Å². The van der Waals surface area contributed by atoms with Crippen LogP contribution in [0, 0.1) is 6.92 Å². The van der Waals surface area contributed by atoms with Crippen LogP contribution in [0.5, 0.6) is 0 Å². The Morgan fingerprint density at radius 1 is 1.33 bits per heavy atom. The minimum absolute atomic E-state index is 0.0912. The number of hydrogen-bond acceptors (Lipinski definition) is 1. The van der Waals surface area contributed by atoms with Crippen LogP contribution in [0.25, 0.3) is 10.9 Å². The zero-order valence-electron chi connectivity index (χ0n) is 8.75. The molecule has 3 heteroatoms. The number of benzene rings is 1. The molecule has 0 saturated heterocycles. The number of hydrogen-bond donors (Lipinski definition) is 0. The van der Waals surface area contributed by atoms with E-state index in [0.29, 0.717) is 0 Å². The Morgan fingerprint density at radius 3 is 2.73 bits per heavy atom. The fourth-order valence-corrected chi connectivity index (χ4v) is 2.26. The SMILES string of the molecule is CCn1c(C)cc(=O)c2cc(Br)ccc21. The smallest absolute Gasteiger partial charge is 0.189 e. The molecular weight excluding hydrogens is 254 g/mol. The third kappa shape index (κ3) is 1.72. The van der Waals surface area contributed by atoms with Gasteiger partial charge in [0.15, 0.2) is 5.43 Å². The molecule has 2 aromatic rings. The molecule has 0 aliphatic carbocycles. The Labute approximate surface area is 96.7 Å². The summed E-state index contributed by atoms with van der Waals surface area (Å²) < 4.78 is 3.09. The lowest BCUT2D eigenvalue weighted by Gasteiger charge is -2.12. The molecule has 0 unspecified atom stereocenters. The van der Waals surface area contributed by atoms with Gasteiger partial charge in [-0.25, -0.2) is 0 Å². The normalized spacial score (nSPS) is 10.9. The number of nitrogens with zero attached hydrogens (tertiary/aromatic N) is 1. The van der Waals surface area contributed by atoms with Gasteiger partial charge in [-0.3, -0.25) is 4.79 Å². The molecular formula is C12H12BrNO. The van der Waals surface area contributed by atoms with Crippen LogP contribution in [-0.4, -0.2) is 4.57 Å². The van der Waals surface area contributed by atoms with Crippen LogP contribution in [0.15, 0.2) is 33.5 Å². The molecule has 0 fully saturated rings. The topological polar surface area (TPSA) is 22.0 Å². The molecule has 0 bridgehead atoms. The zero-order valence-corrected chi connectivity index (χ0v) is 10.3. The van der Waals surface area contributed by atoms with Crippen molar-refractivity contribution in [3.05, 3.63) is 44.7 Å². The van der Waals surface area contributed by atoms with Crippen LogP contribution in [-0.2, 0) is 6.54 Å². The predicted octanol–water partition coefficient (Wildman–Crippen LogP) is 3.09. The molecule has 0 amide bonds. The molecule has 78 valence electrons. The summed E-state index contributed by atoms with van der Waals surface area (Å²) in [6.45, 7) is 4.93. The first kappa shape index (κ1) is 10.4. The summed E-state index contributed by atoms with van der Waals surface area (Å²) in [7, 11) is 0. The highest BCUT2D eigenvalue weighted by Gasteiger charge is 2.05. The van der Waals surface area contributed by atoms with Crippen molar-refractivity contribution in [2.75, 3.05) is 0 Å². The molecule has 2 nitrogen and oxygen atoms in total. The van der Waals surface area contributed by atoms with Crippen LogP contribution >= 0.6 is 15.9 Å². The van der Waals surface area contributed by atoms with Crippen molar-refractivity contribution in [1.29, 1.82) is 0 Å². The van der Waals surface area contributed by atoms with E-state index in [9.17, 15) is 4.79 Å². The summed E-state index contributed by atoms with van der Waals surface area (Å²) in [5.41, 5.74) is 2.11. The largest absolute Gasteiger partial charge is 0.345 e. The first-order chi connectivity index (χ1) is 7.13. The Balaban J connectivity index is 2.96. The second kappa shape index (κ2) is 3.81. The van der Waals surface area contributed by atoms with Gasteiger partial charge in [0, 0.05) is 28.2 Å². The summed E-state index contributed by atoms with van der Waals surface area (Å²) in [6.07, 6.45) is 0. The molecule has 0 N–H and O–H groups in total. The highest BCUT2D eigenvalue weighted by atomic mass is 79.9. The zero-order chi connectivity index (χ0) is 11.0. The van der Waals surface area contributed by atoms with Crippen molar-refractivity contribution in [3.8, 4) is 0 Å². The second-order valence-electron chi connectivity index (χ2n) is 3.56. The molecule has 0 aliphatic rings. The summed E-state index contributed by atoms with van der Waals surface area (Å²) in [5.74, 6) is 0. The number of pyridine rings is 1. The van der Waals surface area contributed by atoms with E-state index in [4.69, 9.17) is 0 Å². The molecule has 0 radical (unpaired) electrons. The third-order valence-electron chi connectivity index (χ3n) is 2.60. The van der Waals surface area contributed by atoms with Gasteiger partial charge in [0.2, 0.25) is 0 Å². The third-order valence-corrected chi connectivity index (χ3v) is 3.09. The second-order valence-corrected chi connectivity index (χ2v) is 4.47. The Hall–Kier alpha value is -1.09. The fourth-order valence-electron chi connectivity index (χ4n) is 1.90. The van der Waals surface area contributed by atoms with Crippen molar-refractivity contribution in [1.82, 2.24) is 4.57 Å². The number of halogens is 1. The van der Waals surface area contributed by atoms with Gasteiger partial charge in [-0.2, -0.15) is 0 Å². The van der Waals surface area contributed by atoms with E-state index in [1.165, 1.54) is 0 Å². The number of aryl methyl sites for hydroxylation is 2. The Bertz CT molecular complexity index is 572. The molecule has 0 saturated carbocycles. The Kier molecular flexibility index (Phi) is 2.65. The molecule has 0 atom stereocenters. The van der Waals surface area contributed by atoms with E-state index in [-0.39, 0.29) is 5.43 Å². The maximum Gasteiger partial charge on any atom is 0.189 e. The van der Waals surface area contributed by atoms with E-state index in [2.05, 4.69) is 27.4 Å². The number of aromatic nitrogens is 1. The Morgan fingerprint density at radius 2 is 2.07 bits per heavy atom. The van der Waals surface area contributed by atoms with Crippen molar-refractivity contribution in [2.45, 2.75) is 20.4 Å². The summed E-state index contributed by atoms with van der Waals surface area (Å²) in [6, 6.07) is 7.52. The maximum atomic E-state index is 11.8. The molecule has 15 heavy (non-hydrogen) atoms. The average molecular weight is 266 g/mol. The minimum atomic E-state index is 0.0912. The van der Waals surface area contributed by atoms with E-state index >= 15 is 0 Å². The maximum absolute atomic E-state index is 11.8. The van der Waals surface area contributed by atoms with Crippen LogP contribution in [0.2, 0.25) is 0 Å². The van der Waals surface area contributed by atoms with Gasteiger partial charge in [0.05, 0.1) is 5.52 Å². The first-order valence-corrected chi connectivity index (χ1v) is 5.72. The molecule has 1 aromatic carbocycles. The molecule has 0 aliphatic heterocycles. The van der Waals surface area contributed by atoms with Crippen molar-refractivity contribution < 1.29 is 0 Å². The quantitative estimate of drug-likeness (QED) is 0.777. The minimum Gasteiger partial charge on any atom is -0.345 e. The first-order valence-electron chi connectivity index (χ1n) is 4.93. The lowest BCUT2D eigenvalue weighted by Crippen LogP contribution is -2.10. The van der Waals surface area contributed by atoms with Gasteiger partial charge in [0.1, 0.15) is 0 Å². The van der Waals surface area contributed by atoms with Gasteiger partial charge in [-0.05, 0) is 32.0 Å². The van der Waals surface area contributed by atoms with Gasteiger partial charge in [-0.1, -0.05) is 15.9 Å². The van der Waals surface area contributed by atoms with Crippen LogP contribution in [0.3, 0.4) is 0 Å². The summed E-state index contributed by atoms with van der Waals surface area (Å²) in [4.78, 5) is 11.8. The van der Waals surface area contributed by atoms with Crippen LogP contribution in [0.1, 0.15) is 12.6 Å². The lowest BCUT2D eigenvalue weighted by molar-refractivity contribution is 0.758. The lowest BCUT2D eigenvalue weighted by atomic mass is 10.2. The fraction of sp³-hybridized carbons (Fsp3) is 0.250. The van der Waals surface area contributed by atoms with E-state index in [1.54, 1.807) is 6.07 Å². The summed E-state index contributed by atoms with van der Waals surface area (Å²) in [5, 5.41) is 0.775. The highest BCUT2D eigenvalue weighted by molar-refractivity contribution is 9.10. The van der Waals surface area contributed by atoms with Crippen LogP contribution in [0.4, 0.5) is 0 Å². The monoisotopic (exact) mass is 265 g/mol. The van der Waals surface area contributed by atoms with Gasteiger partial charge in [-0.15, -0.1) is 0 Å². The number of fused-ring (bicyclic) bond motifs is 1. The van der Waals surface area contributed by atoms with Gasteiger partial charge in [0.25, 0.3) is 0 Å².